The Morgan fingerprint density at radius 2 is 2.00 bits per heavy atom. The van der Waals surface area contributed by atoms with Crippen LogP contribution < -0.4 is 4.74 Å². The first-order valence-electron chi connectivity index (χ1n) is 10.0. The van der Waals surface area contributed by atoms with Crippen LogP contribution in [0.1, 0.15) is 30.9 Å². The molecule has 0 aliphatic carbocycles. The van der Waals surface area contributed by atoms with Crippen molar-refractivity contribution in [3.63, 3.8) is 0 Å². The average molecular weight is 426 g/mol. The fourth-order valence-electron chi connectivity index (χ4n) is 3.88. The van der Waals surface area contributed by atoms with Crippen LogP contribution in [0.5, 0.6) is 17.2 Å². The number of hydrogen-bond acceptors (Lipinski definition) is 9. The molecule has 0 radical (unpaired) electrons. The Kier molecular flexibility index (Phi) is 7.56. The van der Waals surface area contributed by atoms with Gasteiger partial charge in [-0.2, -0.15) is 0 Å². The molecule has 0 saturated carbocycles. The number of allylic oxidation sites excluding steroid dienone is 2. The maximum atomic E-state index is 10.7. The molecule has 0 amide bonds. The second kappa shape index (κ2) is 9.95. The summed E-state index contributed by atoms with van der Waals surface area (Å²) in [7, 11) is 1.32. The Hall–Kier alpha value is -1.88. The second-order valence-corrected chi connectivity index (χ2v) is 7.52. The SMILES string of the molecule is C/C=C/CC[C@H]1Cc2cc(O)c(O[C@@H]3O[C@H](CO)[C@@H](OC)[C@H](O)[C@H]3O)c(O)c2CO1. The lowest BCUT2D eigenvalue weighted by atomic mass is 9.95. The minimum atomic E-state index is -1.53. The number of ether oxygens (including phenoxy) is 4. The molecule has 1 saturated heterocycles. The zero-order chi connectivity index (χ0) is 21.8. The number of hydrogen-bond donors (Lipinski definition) is 5. The van der Waals surface area contributed by atoms with Crippen LogP contribution in [0.25, 0.3) is 0 Å². The fraction of sp³-hybridized carbons (Fsp3) is 0.619. The Morgan fingerprint density at radius 1 is 1.23 bits per heavy atom. The molecular formula is C21H30O9. The van der Waals surface area contributed by atoms with Crippen molar-refractivity contribution in [2.45, 2.75) is 69.6 Å². The molecule has 0 bridgehead atoms. The van der Waals surface area contributed by atoms with Crippen molar-refractivity contribution < 1.29 is 44.5 Å². The number of aliphatic hydroxyl groups excluding tert-OH is 3. The monoisotopic (exact) mass is 426 g/mol. The third kappa shape index (κ3) is 4.56. The van der Waals surface area contributed by atoms with Gasteiger partial charge in [0, 0.05) is 12.7 Å². The smallest absolute Gasteiger partial charge is 0.229 e. The van der Waals surface area contributed by atoms with E-state index in [4.69, 9.17) is 18.9 Å². The van der Waals surface area contributed by atoms with Crippen LogP contribution in [-0.2, 0) is 27.2 Å². The van der Waals surface area contributed by atoms with Crippen LogP contribution in [0.15, 0.2) is 18.2 Å². The largest absolute Gasteiger partial charge is 0.504 e. The molecule has 9 nitrogen and oxygen atoms in total. The molecule has 0 aromatic heterocycles. The highest BCUT2D eigenvalue weighted by molar-refractivity contribution is 5.58. The molecule has 0 unspecified atom stereocenters. The first-order chi connectivity index (χ1) is 14.4. The normalized spacial score (nSPS) is 31.6. The Bertz CT molecular complexity index is 748. The number of fused-ring (bicyclic) bond motifs is 1. The van der Waals surface area contributed by atoms with E-state index in [2.05, 4.69) is 6.08 Å². The summed E-state index contributed by atoms with van der Waals surface area (Å²) in [6.45, 7) is 1.63. The van der Waals surface area contributed by atoms with Gasteiger partial charge in [-0.3, -0.25) is 0 Å². The summed E-state index contributed by atoms with van der Waals surface area (Å²) in [6, 6.07) is 1.50. The summed E-state index contributed by atoms with van der Waals surface area (Å²) in [6.07, 6.45) is -0.00644. The number of phenolic OH excluding ortho intramolecular Hbond substituents is 2. The number of aromatic hydroxyl groups is 2. The average Bonchev–Trinajstić information content (AvgIpc) is 2.73. The lowest BCUT2D eigenvalue weighted by Gasteiger charge is -2.41. The molecule has 1 aromatic carbocycles. The Labute approximate surface area is 175 Å². The van der Waals surface area contributed by atoms with Crippen LogP contribution in [0.4, 0.5) is 0 Å². The third-order valence-electron chi connectivity index (χ3n) is 5.56. The molecule has 6 atom stereocenters. The van der Waals surface area contributed by atoms with Gasteiger partial charge in [0.1, 0.15) is 24.4 Å². The summed E-state index contributed by atoms with van der Waals surface area (Å²) >= 11 is 0. The Balaban J connectivity index is 1.78. The molecule has 168 valence electrons. The summed E-state index contributed by atoms with van der Waals surface area (Å²) < 4.78 is 21.9. The number of phenols is 2. The van der Waals surface area contributed by atoms with Gasteiger partial charge in [-0.25, -0.2) is 0 Å². The van der Waals surface area contributed by atoms with E-state index in [0.717, 1.165) is 18.4 Å². The summed E-state index contributed by atoms with van der Waals surface area (Å²) in [5.74, 6) is -0.912. The Morgan fingerprint density at radius 3 is 2.67 bits per heavy atom. The van der Waals surface area contributed by atoms with Crippen LogP contribution in [0.2, 0.25) is 0 Å². The number of rotatable bonds is 7. The lowest BCUT2D eigenvalue weighted by Crippen LogP contribution is -2.60. The van der Waals surface area contributed by atoms with Crippen molar-refractivity contribution in [2.24, 2.45) is 0 Å². The predicted molar refractivity (Wildman–Crippen MR) is 105 cm³/mol. The number of aliphatic hydroxyl groups is 3. The van der Waals surface area contributed by atoms with E-state index in [9.17, 15) is 25.5 Å². The van der Waals surface area contributed by atoms with E-state index in [-0.39, 0.29) is 30.0 Å². The van der Waals surface area contributed by atoms with E-state index in [1.165, 1.54) is 13.2 Å². The van der Waals surface area contributed by atoms with Gasteiger partial charge in [0.2, 0.25) is 12.0 Å². The first kappa shape index (κ1) is 22.8. The van der Waals surface area contributed by atoms with Crippen molar-refractivity contribution in [1.82, 2.24) is 0 Å². The highest BCUT2D eigenvalue weighted by Crippen LogP contribution is 2.44. The van der Waals surface area contributed by atoms with Gasteiger partial charge in [0.05, 0.1) is 19.3 Å². The standard InChI is InChI=1S/C21H30O9/c1-3-4-5-6-12-7-11-8-14(23)19(16(24)13(11)10-28-12)30-21-18(26)17(25)20(27-2)15(9-22)29-21/h3-4,8,12,15,17-18,20-26H,5-7,9-10H2,1-2H3/b4-3+/t12-,15+,17+,18+,20+,21-/m0/s1. The van der Waals surface area contributed by atoms with E-state index < -0.39 is 37.3 Å². The van der Waals surface area contributed by atoms with E-state index in [1.54, 1.807) is 0 Å². The molecule has 9 heteroatoms. The third-order valence-corrected chi connectivity index (χ3v) is 5.56. The topological polar surface area (TPSA) is 138 Å². The van der Waals surface area contributed by atoms with Crippen molar-refractivity contribution >= 4 is 0 Å². The van der Waals surface area contributed by atoms with Crippen molar-refractivity contribution in [3.8, 4) is 17.2 Å². The summed E-state index contributed by atoms with van der Waals surface area (Å²) in [5.41, 5.74) is 1.25. The van der Waals surface area contributed by atoms with Crippen molar-refractivity contribution in [1.29, 1.82) is 0 Å². The van der Waals surface area contributed by atoms with Gasteiger partial charge >= 0.3 is 0 Å². The van der Waals surface area contributed by atoms with Crippen molar-refractivity contribution in [2.75, 3.05) is 13.7 Å². The zero-order valence-corrected chi connectivity index (χ0v) is 17.1. The van der Waals surface area contributed by atoms with E-state index in [1.807, 2.05) is 13.0 Å². The molecule has 1 fully saturated rings. The molecule has 1 aromatic rings. The summed E-state index contributed by atoms with van der Waals surface area (Å²) in [5, 5.41) is 51.1. The van der Waals surface area contributed by atoms with Gasteiger partial charge < -0.3 is 44.5 Å². The number of methoxy groups -OCH3 is 1. The van der Waals surface area contributed by atoms with E-state index in [0.29, 0.717) is 12.0 Å². The van der Waals surface area contributed by atoms with Crippen molar-refractivity contribution in [3.05, 3.63) is 29.3 Å². The molecule has 2 heterocycles. The maximum absolute atomic E-state index is 10.7. The highest BCUT2D eigenvalue weighted by Gasteiger charge is 2.46. The second-order valence-electron chi connectivity index (χ2n) is 7.52. The fourth-order valence-corrected chi connectivity index (χ4v) is 3.88. The minimum Gasteiger partial charge on any atom is -0.504 e. The molecular weight excluding hydrogens is 396 g/mol. The van der Waals surface area contributed by atoms with Gasteiger partial charge in [0.15, 0.2) is 11.5 Å². The van der Waals surface area contributed by atoms with Gasteiger partial charge in [0.25, 0.3) is 0 Å². The molecule has 0 spiro atoms. The van der Waals surface area contributed by atoms with Crippen LogP contribution >= 0.6 is 0 Å². The molecule has 5 N–H and O–H groups in total. The first-order valence-corrected chi connectivity index (χ1v) is 10.0. The minimum absolute atomic E-state index is 0.0193. The molecule has 30 heavy (non-hydrogen) atoms. The predicted octanol–water partition coefficient (Wildman–Crippen LogP) is 0.728. The molecule has 3 rings (SSSR count). The highest BCUT2D eigenvalue weighted by atomic mass is 16.7. The van der Waals surface area contributed by atoms with E-state index >= 15 is 0 Å². The van der Waals surface area contributed by atoms with Crippen LogP contribution in [0, 0.1) is 0 Å². The maximum Gasteiger partial charge on any atom is 0.229 e. The molecule has 2 aliphatic rings. The van der Waals surface area contributed by atoms with Crippen LogP contribution in [0.3, 0.4) is 0 Å². The lowest BCUT2D eigenvalue weighted by molar-refractivity contribution is -0.282. The number of benzene rings is 1. The zero-order valence-electron chi connectivity index (χ0n) is 17.1. The molecule has 2 aliphatic heterocycles. The quantitative estimate of drug-likeness (QED) is 0.399. The van der Waals surface area contributed by atoms with Gasteiger partial charge in [-0.1, -0.05) is 12.2 Å². The summed E-state index contributed by atoms with van der Waals surface area (Å²) in [4.78, 5) is 0. The van der Waals surface area contributed by atoms with Gasteiger partial charge in [-0.05, 0) is 37.8 Å². The van der Waals surface area contributed by atoms with Crippen LogP contribution in [-0.4, -0.2) is 76.1 Å². The van der Waals surface area contributed by atoms with Gasteiger partial charge in [-0.15, -0.1) is 0 Å².